The number of nitrogens with zero attached hydrogens (tertiary/aromatic N) is 6. The molecule has 0 aliphatic carbocycles. The number of carbonyl (C=O) groups is 1. The van der Waals surface area contributed by atoms with Gasteiger partial charge in [0.1, 0.15) is 35.5 Å². The zero-order chi connectivity index (χ0) is 26.9. The zero-order valence-electron chi connectivity index (χ0n) is 21.4. The number of nitrogens with two attached hydrogens (primary N) is 1. The number of halogens is 1. The highest BCUT2D eigenvalue weighted by molar-refractivity contribution is 5.98. The molecule has 1 amide bonds. The summed E-state index contributed by atoms with van der Waals surface area (Å²) < 4.78 is 22.7. The fourth-order valence-electron chi connectivity index (χ4n) is 5.70. The number of aromatic nitrogens is 4. The Labute approximate surface area is 224 Å². The second kappa shape index (κ2) is 10.5. The van der Waals surface area contributed by atoms with E-state index in [1.54, 1.807) is 0 Å². The molecule has 0 spiro atoms. The maximum absolute atomic E-state index is 14.9. The van der Waals surface area contributed by atoms with Gasteiger partial charge in [-0.05, 0) is 55.7 Å². The van der Waals surface area contributed by atoms with Gasteiger partial charge in [0.2, 0.25) is 0 Å². The van der Waals surface area contributed by atoms with Gasteiger partial charge in [-0.2, -0.15) is 5.10 Å². The monoisotopic (exact) mass is 531 g/mol. The zero-order valence-corrected chi connectivity index (χ0v) is 21.4. The number of likely N-dealkylation sites (tertiary alicyclic amines) is 2. The molecular weight excluding hydrogens is 501 g/mol. The summed E-state index contributed by atoms with van der Waals surface area (Å²) in [6.07, 6.45) is 1.25. The van der Waals surface area contributed by atoms with E-state index in [1.807, 2.05) is 59.3 Å². The summed E-state index contributed by atoms with van der Waals surface area (Å²) in [5.74, 6) is 1.84. The smallest absolute Gasteiger partial charge is 0.407 e. The van der Waals surface area contributed by atoms with Gasteiger partial charge in [-0.25, -0.2) is 23.8 Å². The molecule has 202 valence electrons. The topological polar surface area (TPSA) is 123 Å². The highest BCUT2D eigenvalue weighted by Crippen LogP contribution is 2.36. The van der Waals surface area contributed by atoms with Gasteiger partial charge < -0.3 is 20.5 Å². The van der Waals surface area contributed by atoms with Gasteiger partial charge >= 0.3 is 6.09 Å². The third kappa shape index (κ3) is 4.97. The number of carboxylic acid groups (broad SMARTS) is 1. The summed E-state index contributed by atoms with van der Waals surface area (Å²) in [7, 11) is 0. The fourth-order valence-corrected chi connectivity index (χ4v) is 5.70. The van der Waals surface area contributed by atoms with Crippen molar-refractivity contribution in [3.63, 3.8) is 0 Å². The normalized spacial score (nSPS) is 20.8. The van der Waals surface area contributed by atoms with E-state index >= 15 is 0 Å². The molecule has 2 atom stereocenters. The van der Waals surface area contributed by atoms with E-state index in [9.17, 15) is 14.3 Å². The highest BCUT2D eigenvalue weighted by atomic mass is 19.1. The number of benzene rings is 2. The van der Waals surface area contributed by atoms with Crippen LogP contribution in [0.1, 0.15) is 25.3 Å². The van der Waals surface area contributed by atoms with Crippen LogP contribution >= 0.6 is 0 Å². The number of amides is 1. The molecule has 3 N–H and O–H groups in total. The SMILES string of the molecule is Nc1ncnc2c1c(-c1ccc(Oc3ccccc3)cc1)nn2C1CCN(C2CCN(C(=O)O)CC2F)CC1. The van der Waals surface area contributed by atoms with Gasteiger partial charge in [-0.15, -0.1) is 0 Å². The number of nitrogen functional groups attached to an aromatic ring is 1. The number of piperidine rings is 2. The number of anilines is 1. The lowest BCUT2D eigenvalue weighted by atomic mass is 9.97. The van der Waals surface area contributed by atoms with E-state index in [2.05, 4.69) is 14.9 Å². The Morgan fingerprint density at radius 2 is 1.69 bits per heavy atom. The number of hydrogen-bond donors (Lipinski definition) is 2. The third-order valence-corrected chi connectivity index (χ3v) is 7.72. The number of para-hydroxylation sites is 1. The van der Waals surface area contributed by atoms with Gasteiger partial charge in [-0.3, -0.25) is 4.90 Å². The van der Waals surface area contributed by atoms with Gasteiger partial charge in [0.25, 0.3) is 0 Å². The summed E-state index contributed by atoms with van der Waals surface area (Å²) in [6, 6.07) is 17.1. The minimum Gasteiger partial charge on any atom is -0.465 e. The van der Waals surface area contributed by atoms with Crippen LogP contribution in [0.5, 0.6) is 11.5 Å². The first-order chi connectivity index (χ1) is 19.0. The van der Waals surface area contributed by atoms with Crippen LogP contribution in [-0.2, 0) is 0 Å². The van der Waals surface area contributed by atoms with Crippen molar-refractivity contribution in [3.05, 3.63) is 60.9 Å². The molecule has 2 aliphatic rings. The second-order valence-corrected chi connectivity index (χ2v) is 10.1. The largest absolute Gasteiger partial charge is 0.465 e. The molecule has 0 radical (unpaired) electrons. The van der Waals surface area contributed by atoms with E-state index in [4.69, 9.17) is 15.6 Å². The first-order valence-electron chi connectivity index (χ1n) is 13.2. The van der Waals surface area contributed by atoms with Gasteiger partial charge in [-0.1, -0.05) is 18.2 Å². The molecule has 10 nitrogen and oxygen atoms in total. The van der Waals surface area contributed by atoms with E-state index in [1.165, 1.54) is 6.33 Å². The van der Waals surface area contributed by atoms with Crippen molar-refractivity contribution in [3.8, 4) is 22.8 Å². The second-order valence-electron chi connectivity index (χ2n) is 10.1. The van der Waals surface area contributed by atoms with E-state index in [0.29, 0.717) is 54.3 Å². The van der Waals surface area contributed by atoms with Crippen LogP contribution in [0.4, 0.5) is 15.0 Å². The van der Waals surface area contributed by atoms with Crippen molar-refractivity contribution in [2.75, 3.05) is 31.9 Å². The van der Waals surface area contributed by atoms with Crippen molar-refractivity contribution in [2.24, 2.45) is 0 Å². The standard InChI is InChI=1S/C28H30FN7O3/c29-22-16-35(28(37)38)15-12-23(22)34-13-10-19(11-14-34)36-27-24(26(30)31-17-32-27)25(33-36)18-6-8-21(9-7-18)39-20-4-2-1-3-5-20/h1-9,17,19,22-23H,10-16H2,(H,37,38)(H2,30,31,32). The molecular formula is C28H30FN7O3. The molecule has 4 aromatic rings. The summed E-state index contributed by atoms with van der Waals surface area (Å²) in [5.41, 5.74) is 8.58. The first kappa shape index (κ1) is 25.1. The van der Waals surface area contributed by atoms with Crippen LogP contribution in [-0.4, -0.2) is 79.1 Å². The fraction of sp³-hybridized carbons (Fsp3) is 0.357. The number of alkyl halides is 1. The molecule has 11 heteroatoms. The van der Waals surface area contributed by atoms with Crippen molar-refractivity contribution in [1.82, 2.24) is 29.5 Å². The number of ether oxygens (including phenoxy) is 1. The lowest BCUT2D eigenvalue weighted by Crippen LogP contribution is -2.55. The number of rotatable bonds is 5. The molecule has 2 fully saturated rings. The van der Waals surface area contributed by atoms with Crippen LogP contribution in [0.15, 0.2) is 60.9 Å². The Hall–Kier alpha value is -4.25. The Bertz CT molecular complexity index is 1460. The number of hydrogen-bond acceptors (Lipinski definition) is 7. The Morgan fingerprint density at radius 3 is 2.38 bits per heavy atom. The lowest BCUT2D eigenvalue weighted by Gasteiger charge is -2.42. The average molecular weight is 532 g/mol. The Kier molecular flexibility index (Phi) is 6.74. The van der Waals surface area contributed by atoms with Crippen LogP contribution in [0.3, 0.4) is 0 Å². The Morgan fingerprint density at radius 1 is 0.974 bits per heavy atom. The third-order valence-electron chi connectivity index (χ3n) is 7.72. The summed E-state index contributed by atoms with van der Waals surface area (Å²) in [6.45, 7) is 1.69. The van der Waals surface area contributed by atoms with Crippen LogP contribution in [0.25, 0.3) is 22.3 Å². The van der Waals surface area contributed by atoms with E-state index < -0.39 is 12.3 Å². The van der Waals surface area contributed by atoms with Crippen molar-refractivity contribution >= 4 is 22.9 Å². The quantitative estimate of drug-likeness (QED) is 0.383. The summed E-state index contributed by atoms with van der Waals surface area (Å²) in [4.78, 5) is 23.3. The highest BCUT2D eigenvalue weighted by Gasteiger charge is 2.37. The minimum atomic E-state index is -1.19. The maximum atomic E-state index is 14.9. The van der Waals surface area contributed by atoms with Gasteiger partial charge in [0, 0.05) is 31.2 Å². The molecule has 2 aliphatic heterocycles. The molecule has 39 heavy (non-hydrogen) atoms. The first-order valence-corrected chi connectivity index (χ1v) is 13.2. The molecule has 2 saturated heterocycles. The average Bonchev–Trinajstić information content (AvgIpc) is 3.35. The summed E-state index contributed by atoms with van der Waals surface area (Å²) in [5, 5.41) is 14.9. The minimum absolute atomic E-state index is 0.0710. The molecule has 2 aromatic heterocycles. The van der Waals surface area contributed by atoms with Crippen LogP contribution < -0.4 is 10.5 Å². The molecule has 4 heterocycles. The van der Waals surface area contributed by atoms with Gasteiger partial charge in [0.05, 0.1) is 18.0 Å². The maximum Gasteiger partial charge on any atom is 0.407 e. The van der Waals surface area contributed by atoms with Crippen LogP contribution in [0.2, 0.25) is 0 Å². The Balaban J connectivity index is 1.21. The molecule has 2 unspecified atom stereocenters. The van der Waals surface area contributed by atoms with Crippen molar-refractivity contribution < 1.29 is 19.0 Å². The van der Waals surface area contributed by atoms with Crippen molar-refractivity contribution in [2.45, 2.75) is 37.5 Å². The molecule has 0 saturated carbocycles. The van der Waals surface area contributed by atoms with E-state index in [0.717, 1.165) is 29.1 Å². The molecule has 2 aromatic carbocycles. The lowest BCUT2D eigenvalue weighted by molar-refractivity contribution is 0.0201. The van der Waals surface area contributed by atoms with Gasteiger partial charge in [0.15, 0.2) is 5.65 Å². The van der Waals surface area contributed by atoms with Crippen molar-refractivity contribution in [1.29, 1.82) is 0 Å². The van der Waals surface area contributed by atoms with Crippen LogP contribution in [0, 0.1) is 0 Å². The predicted molar refractivity (Wildman–Crippen MR) is 144 cm³/mol. The van der Waals surface area contributed by atoms with E-state index in [-0.39, 0.29) is 18.6 Å². The summed E-state index contributed by atoms with van der Waals surface area (Å²) >= 11 is 0. The molecule has 6 rings (SSSR count). The molecule has 0 bridgehead atoms. The predicted octanol–water partition coefficient (Wildman–Crippen LogP) is 4.60. The number of fused-ring (bicyclic) bond motifs is 1.